The van der Waals surface area contributed by atoms with Gasteiger partial charge in [0.2, 0.25) is 10.0 Å². The van der Waals surface area contributed by atoms with Crippen LogP contribution in [0, 0.1) is 6.92 Å². The highest BCUT2D eigenvalue weighted by Crippen LogP contribution is 2.30. The van der Waals surface area contributed by atoms with Gasteiger partial charge >= 0.3 is 6.61 Å². The topological polar surface area (TPSA) is 84.9 Å². The van der Waals surface area contributed by atoms with E-state index in [9.17, 15) is 22.0 Å². The molecule has 1 heterocycles. The Kier molecular flexibility index (Phi) is 7.11. The molecule has 2 aromatic rings. The number of hydrogen-bond donors (Lipinski definition) is 1. The molecule has 2 aromatic carbocycles. The number of methoxy groups -OCH3 is 1. The minimum Gasteiger partial charge on any atom is -0.493 e. The first-order valence-corrected chi connectivity index (χ1v) is 11.2. The predicted octanol–water partition coefficient (Wildman–Crippen LogP) is 4.03. The molecule has 0 bridgehead atoms. The van der Waals surface area contributed by atoms with Crippen molar-refractivity contribution in [3.8, 4) is 11.5 Å². The van der Waals surface area contributed by atoms with Crippen molar-refractivity contribution >= 4 is 21.6 Å². The van der Waals surface area contributed by atoms with Crippen LogP contribution in [0.25, 0.3) is 0 Å². The molecule has 0 saturated carbocycles. The number of nitrogens with one attached hydrogen (secondary N) is 1. The number of aryl methyl sites for hydroxylation is 1. The van der Waals surface area contributed by atoms with Gasteiger partial charge in [0.05, 0.1) is 12.0 Å². The van der Waals surface area contributed by atoms with Gasteiger partial charge in [0.1, 0.15) is 0 Å². The summed E-state index contributed by atoms with van der Waals surface area (Å²) in [5, 5.41) is 2.61. The van der Waals surface area contributed by atoms with Crippen molar-refractivity contribution < 1.29 is 31.5 Å². The fourth-order valence-corrected chi connectivity index (χ4v) is 5.18. The molecular formula is C21H24F2N2O5S. The van der Waals surface area contributed by atoms with Gasteiger partial charge < -0.3 is 14.8 Å². The van der Waals surface area contributed by atoms with Crippen molar-refractivity contribution in [3.05, 3.63) is 47.5 Å². The molecule has 0 aromatic heterocycles. The summed E-state index contributed by atoms with van der Waals surface area (Å²) in [6.45, 7) is -0.444. The average Bonchev–Trinajstić information content (AvgIpc) is 2.75. The molecule has 3 rings (SSSR count). The van der Waals surface area contributed by atoms with Gasteiger partial charge in [-0.2, -0.15) is 13.1 Å². The molecule has 31 heavy (non-hydrogen) atoms. The number of sulfonamides is 1. The van der Waals surface area contributed by atoms with Crippen LogP contribution < -0.4 is 14.8 Å². The van der Waals surface area contributed by atoms with E-state index in [1.54, 1.807) is 19.1 Å². The average molecular weight is 454 g/mol. The van der Waals surface area contributed by atoms with Crippen LogP contribution in [-0.4, -0.2) is 45.4 Å². The van der Waals surface area contributed by atoms with Crippen LogP contribution in [0.5, 0.6) is 11.5 Å². The molecule has 1 fully saturated rings. The van der Waals surface area contributed by atoms with Gasteiger partial charge in [-0.15, -0.1) is 0 Å². The quantitative estimate of drug-likeness (QED) is 0.683. The number of alkyl halides is 2. The van der Waals surface area contributed by atoms with Crippen LogP contribution in [0.4, 0.5) is 14.5 Å². The highest BCUT2D eigenvalue weighted by atomic mass is 32.2. The predicted molar refractivity (Wildman–Crippen MR) is 111 cm³/mol. The second kappa shape index (κ2) is 9.61. The van der Waals surface area contributed by atoms with Gasteiger partial charge in [0, 0.05) is 24.3 Å². The molecule has 0 spiro atoms. The van der Waals surface area contributed by atoms with Gasteiger partial charge in [0.15, 0.2) is 11.5 Å². The minimum absolute atomic E-state index is 0.0532. The summed E-state index contributed by atoms with van der Waals surface area (Å²) in [6.07, 6.45) is 2.63. The molecule has 1 N–H and O–H groups in total. The number of piperidine rings is 1. The third-order valence-corrected chi connectivity index (χ3v) is 7.06. The maximum atomic E-state index is 13.0. The third-order valence-electron chi connectivity index (χ3n) is 5.02. The van der Waals surface area contributed by atoms with Crippen molar-refractivity contribution in [2.75, 3.05) is 25.5 Å². The van der Waals surface area contributed by atoms with Crippen LogP contribution >= 0.6 is 0 Å². The second-order valence-corrected chi connectivity index (χ2v) is 9.05. The molecular weight excluding hydrogens is 430 g/mol. The van der Waals surface area contributed by atoms with Crippen LogP contribution in [0.3, 0.4) is 0 Å². The summed E-state index contributed by atoms with van der Waals surface area (Å²) in [4.78, 5) is 12.8. The van der Waals surface area contributed by atoms with Gasteiger partial charge in [-0.05, 0) is 55.7 Å². The standard InChI is InChI=1S/C21H24F2N2O5S/c1-14-6-8-16(13-19(14)31(27,28)25-10-4-3-5-11-25)24-20(26)15-7-9-17(29-2)18(12-15)30-21(22)23/h6-9,12-13,21H,3-5,10-11H2,1-2H3,(H,24,26). The van der Waals surface area contributed by atoms with E-state index in [2.05, 4.69) is 10.1 Å². The fraction of sp³-hybridized carbons (Fsp3) is 0.381. The lowest BCUT2D eigenvalue weighted by atomic mass is 10.1. The number of nitrogens with zero attached hydrogens (tertiary/aromatic N) is 1. The van der Waals surface area contributed by atoms with Crippen molar-refractivity contribution in [1.82, 2.24) is 4.31 Å². The maximum absolute atomic E-state index is 13.0. The van der Waals surface area contributed by atoms with Crippen LogP contribution in [0.15, 0.2) is 41.3 Å². The summed E-state index contributed by atoms with van der Waals surface area (Å²) < 4.78 is 62.2. The largest absolute Gasteiger partial charge is 0.493 e. The number of amides is 1. The molecule has 0 atom stereocenters. The Labute approximate surface area is 180 Å². The summed E-state index contributed by atoms with van der Waals surface area (Å²) in [7, 11) is -2.39. The van der Waals surface area contributed by atoms with Crippen LogP contribution in [0.1, 0.15) is 35.2 Å². The van der Waals surface area contributed by atoms with E-state index >= 15 is 0 Å². The van der Waals surface area contributed by atoms with E-state index in [4.69, 9.17) is 4.74 Å². The Bertz CT molecular complexity index is 1050. The smallest absolute Gasteiger partial charge is 0.387 e. The number of rotatable bonds is 7. The Balaban J connectivity index is 1.85. The first-order valence-electron chi connectivity index (χ1n) is 9.77. The number of anilines is 1. The van der Waals surface area contributed by atoms with E-state index in [0.29, 0.717) is 18.7 Å². The van der Waals surface area contributed by atoms with Crippen molar-refractivity contribution in [2.45, 2.75) is 37.7 Å². The fourth-order valence-electron chi connectivity index (χ4n) is 3.41. The number of carbonyl (C=O) groups is 1. The van der Waals surface area contributed by atoms with E-state index in [1.807, 2.05) is 0 Å². The monoisotopic (exact) mass is 454 g/mol. The van der Waals surface area contributed by atoms with E-state index < -0.39 is 22.5 Å². The molecule has 1 saturated heterocycles. The van der Waals surface area contributed by atoms with Crippen LogP contribution in [-0.2, 0) is 10.0 Å². The molecule has 7 nitrogen and oxygen atoms in total. The Morgan fingerprint density at radius 2 is 1.77 bits per heavy atom. The Morgan fingerprint density at radius 3 is 2.42 bits per heavy atom. The zero-order valence-electron chi connectivity index (χ0n) is 17.2. The third kappa shape index (κ3) is 5.31. The number of carbonyl (C=O) groups excluding carboxylic acids is 1. The number of halogens is 2. The van der Waals surface area contributed by atoms with Crippen molar-refractivity contribution in [3.63, 3.8) is 0 Å². The lowest BCUT2D eigenvalue weighted by Gasteiger charge is -2.26. The molecule has 0 radical (unpaired) electrons. The zero-order chi connectivity index (χ0) is 22.6. The highest BCUT2D eigenvalue weighted by molar-refractivity contribution is 7.89. The lowest BCUT2D eigenvalue weighted by Crippen LogP contribution is -2.36. The summed E-state index contributed by atoms with van der Waals surface area (Å²) in [6, 6.07) is 8.49. The molecule has 1 aliphatic rings. The summed E-state index contributed by atoms with van der Waals surface area (Å²) in [5.74, 6) is -0.823. The van der Waals surface area contributed by atoms with Gasteiger partial charge in [0.25, 0.3) is 5.91 Å². The summed E-state index contributed by atoms with van der Waals surface area (Å²) in [5.41, 5.74) is 0.899. The van der Waals surface area contributed by atoms with Crippen molar-refractivity contribution in [1.29, 1.82) is 0 Å². The van der Waals surface area contributed by atoms with Crippen molar-refractivity contribution in [2.24, 2.45) is 0 Å². The number of benzene rings is 2. The van der Waals surface area contributed by atoms with E-state index in [-0.39, 0.29) is 27.6 Å². The Hall–Kier alpha value is -2.72. The zero-order valence-corrected chi connectivity index (χ0v) is 18.0. The number of ether oxygens (including phenoxy) is 2. The highest BCUT2D eigenvalue weighted by Gasteiger charge is 2.27. The normalized spacial score (nSPS) is 15.0. The first kappa shape index (κ1) is 23.0. The Morgan fingerprint density at radius 1 is 1.06 bits per heavy atom. The molecule has 10 heteroatoms. The first-order chi connectivity index (χ1) is 14.7. The SMILES string of the molecule is COc1ccc(C(=O)Nc2ccc(C)c(S(=O)(=O)N3CCCCC3)c2)cc1OC(F)F. The number of hydrogen-bond acceptors (Lipinski definition) is 5. The maximum Gasteiger partial charge on any atom is 0.387 e. The van der Waals surface area contributed by atoms with E-state index in [0.717, 1.165) is 25.3 Å². The molecule has 1 aliphatic heterocycles. The molecule has 168 valence electrons. The van der Waals surface area contributed by atoms with Gasteiger partial charge in [-0.25, -0.2) is 8.42 Å². The molecule has 0 unspecified atom stereocenters. The van der Waals surface area contributed by atoms with Crippen LogP contribution in [0.2, 0.25) is 0 Å². The van der Waals surface area contributed by atoms with Gasteiger partial charge in [-0.3, -0.25) is 4.79 Å². The summed E-state index contributed by atoms with van der Waals surface area (Å²) >= 11 is 0. The lowest BCUT2D eigenvalue weighted by molar-refractivity contribution is -0.0512. The minimum atomic E-state index is -3.68. The molecule has 1 amide bonds. The second-order valence-electron chi connectivity index (χ2n) is 7.14. The van der Waals surface area contributed by atoms with Gasteiger partial charge in [-0.1, -0.05) is 12.5 Å². The van der Waals surface area contributed by atoms with E-state index in [1.165, 1.54) is 29.6 Å². The molecule has 0 aliphatic carbocycles.